The van der Waals surface area contributed by atoms with Gasteiger partial charge in [-0.2, -0.15) is 0 Å². The molecule has 0 saturated carbocycles. The molecule has 2 aromatic carbocycles. The Morgan fingerprint density at radius 3 is 2.75 bits per heavy atom. The van der Waals surface area contributed by atoms with Crippen molar-refractivity contribution < 1.29 is 4.74 Å². The summed E-state index contributed by atoms with van der Waals surface area (Å²) in [6.07, 6.45) is 0. The third kappa shape index (κ3) is 2.00. The molecule has 0 aromatic heterocycles. The van der Waals surface area contributed by atoms with E-state index in [0.717, 1.165) is 21.3 Å². The molecule has 1 aliphatic rings. The largest absolute Gasteiger partial charge is 0.454 e. The van der Waals surface area contributed by atoms with Crippen LogP contribution in [0.15, 0.2) is 46.2 Å². The first-order valence-corrected chi connectivity index (χ1v) is 6.12. The van der Waals surface area contributed by atoms with Crippen LogP contribution in [0.3, 0.4) is 0 Å². The molecule has 80 valence electrons. The third-order valence-electron chi connectivity index (χ3n) is 2.01. The van der Waals surface area contributed by atoms with Gasteiger partial charge in [-0.3, -0.25) is 0 Å². The summed E-state index contributed by atoms with van der Waals surface area (Å²) in [5.41, 5.74) is 0. The molecule has 1 heterocycles. The quantitative estimate of drug-likeness (QED) is 0.557. The van der Waals surface area contributed by atoms with Crippen molar-refractivity contribution in [3.63, 3.8) is 0 Å². The second kappa shape index (κ2) is 4.96. The predicted octanol–water partition coefficient (Wildman–Crippen LogP) is 4.57. The van der Waals surface area contributed by atoms with E-state index in [1.54, 1.807) is 11.8 Å². The zero-order valence-electron chi connectivity index (χ0n) is 9.28. The van der Waals surface area contributed by atoms with Gasteiger partial charge < -0.3 is 4.74 Å². The first-order valence-electron chi connectivity index (χ1n) is 5.30. The zero-order valence-corrected chi connectivity index (χ0v) is 10.1. The molecule has 2 heteroatoms. The molecule has 1 nitrogen and oxygen atoms in total. The number of rotatable bonds is 0. The first-order chi connectivity index (χ1) is 7.93. The van der Waals surface area contributed by atoms with Crippen LogP contribution < -0.4 is 4.74 Å². The van der Waals surface area contributed by atoms with Gasteiger partial charge in [-0.25, -0.2) is 0 Å². The summed E-state index contributed by atoms with van der Waals surface area (Å²) in [5, 5.41) is 0. The molecule has 0 unspecified atom stereocenters. The van der Waals surface area contributed by atoms with Crippen molar-refractivity contribution >= 4 is 11.8 Å². The second-order valence-electron chi connectivity index (χ2n) is 2.95. The molecule has 1 aliphatic heterocycles. The van der Waals surface area contributed by atoms with Crippen LogP contribution in [0.5, 0.6) is 11.5 Å². The average molecular weight is 228 g/mol. The smallest absolute Gasteiger partial charge is 0.150 e. The Morgan fingerprint density at radius 2 is 1.88 bits per heavy atom. The lowest BCUT2D eigenvalue weighted by Gasteiger charge is -2.16. The molecule has 0 atom stereocenters. The van der Waals surface area contributed by atoms with Crippen molar-refractivity contribution in [2.45, 2.75) is 23.6 Å². The minimum Gasteiger partial charge on any atom is -0.454 e. The maximum absolute atomic E-state index is 5.71. The molecule has 0 bridgehead atoms. The van der Waals surface area contributed by atoms with Crippen molar-refractivity contribution in [3.05, 3.63) is 48.5 Å². The predicted molar refractivity (Wildman–Crippen MR) is 66.1 cm³/mol. The van der Waals surface area contributed by atoms with Crippen LogP contribution in [-0.2, 0) is 0 Å². The van der Waals surface area contributed by atoms with Crippen molar-refractivity contribution in [1.29, 1.82) is 0 Å². The van der Waals surface area contributed by atoms with Crippen LogP contribution in [0.25, 0.3) is 0 Å². The van der Waals surface area contributed by atoms with Gasteiger partial charge in [-0.05, 0) is 24.3 Å². The molecule has 0 fully saturated rings. The van der Waals surface area contributed by atoms with E-state index in [0.29, 0.717) is 0 Å². The molecule has 0 spiro atoms. The van der Waals surface area contributed by atoms with Gasteiger partial charge in [0.1, 0.15) is 10.6 Å². The number of fused-ring (bicyclic) bond motifs is 2. The molecule has 0 saturated heterocycles. The van der Waals surface area contributed by atoms with Gasteiger partial charge in [0.15, 0.2) is 5.75 Å². The fourth-order valence-corrected chi connectivity index (χ4v) is 2.26. The van der Waals surface area contributed by atoms with Gasteiger partial charge in [-0.1, -0.05) is 49.9 Å². The van der Waals surface area contributed by atoms with Gasteiger partial charge in [-0.15, -0.1) is 0 Å². The highest BCUT2D eigenvalue weighted by molar-refractivity contribution is 7.99. The minimum atomic E-state index is 0.868. The summed E-state index contributed by atoms with van der Waals surface area (Å²) < 4.78 is 5.71. The van der Waals surface area contributed by atoms with Crippen LogP contribution in [0.1, 0.15) is 13.8 Å². The molecule has 16 heavy (non-hydrogen) atoms. The zero-order chi connectivity index (χ0) is 11.4. The van der Waals surface area contributed by atoms with Crippen LogP contribution in [-0.4, -0.2) is 0 Å². The van der Waals surface area contributed by atoms with Crippen LogP contribution in [0.4, 0.5) is 0 Å². The average Bonchev–Trinajstić information content (AvgIpc) is 2.38. The summed E-state index contributed by atoms with van der Waals surface area (Å²) in [6, 6.07) is 17.7. The van der Waals surface area contributed by atoms with E-state index in [-0.39, 0.29) is 0 Å². The van der Waals surface area contributed by atoms with Gasteiger partial charge >= 0.3 is 0 Å². The Hall–Kier alpha value is -1.59. The Morgan fingerprint density at radius 1 is 1.06 bits per heavy atom. The lowest BCUT2D eigenvalue weighted by atomic mass is 10.3. The van der Waals surface area contributed by atoms with Gasteiger partial charge in [0.05, 0.1) is 4.90 Å². The van der Waals surface area contributed by atoms with Gasteiger partial charge in [0.25, 0.3) is 0 Å². The SMILES string of the molecule is CC.c1ccc2c(c#1)Sc1ccccc1O2. The van der Waals surface area contributed by atoms with E-state index in [2.05, 4.69) is 12.1 Å². The topological polar surface area (TPSA) is 9.23 Å². The monoisotopic (exact) mass is 228 g/mol. The van der Waals surface area contributed by atoms with Crippen molar-refractivity contribution in [1.82, 2.24) is 0 Å². The Balaban J connectivity index is 0.000000457. The van der Waals surface area contributed by atoms with E-state index in [9.17, 15) is 0 Å². The minimum absolute atomic E-state index is 0.868. The fourth-order valence-electron chi connectivity index (χ4n) is 1.37. The second-order valence-corrected chi connectivity index (χ2v) is 4.00. The van der Waals surface area contributed by atoms with E-state index < -0.39 is 0 Å². The molecule has 0 aliphatic carbocycles. The Bertz CT molecular complexity index is 392. The molecule has 0 radical (unpaired) electrons. The molecule has 3 rings (SSSR count). The van der Waals surface area contributed by atoms with Crippen LogP contribution in [0.2, 0.25) is 0 Å². The van der Waals surface area contributed by atoms with E-state index >= 15 is 0 Å². The Kier molecular flexibility index (Phi) is 3.38. The summed E-state index contributed by atoms with van der Waals surface area (Å²) in [7, 11) is 0. The lowest BCUT2D eigenvalue weighted by Crippen LogP contribution is -1.92. The highest BCUT2D eigenvalue weighted by Gasteiger charge is 2.15. The molecular weight excluding hydrogens is 216 g/mol. The summed E-state index contributed by atoms with van der Waals surface area (Å²) in [4.78, 5) is 2.14. The van der Waals surface area contributed by atoms with Crippen molar-refractivity contribution in [2.24, 2.45) is 0 Å². The third-order valence-corrected chi connectivity index (χ3v) is 3.07. The summed E-state index contributed by atoms with van der Waals surface area (Å²) in [5.74, 6) is 1.79. The maximum Gasteiger partial charge on any atom is 0.150 e. The number of benzene rings is 1. The summed E-state index contributed by atoms with van der Waals surface area (Å²) >= 11 is 1.67. The fraction of sp³-hybridized carbons (Fsp3) is 0.143. The van der Waals surface area contributed by atoms with E-state index in [1.165, 1.54) is 0 Å². The van der Waals surface area contributed by atoms with Crippen LogP contribution in [0, 0.1) is 12.1 Å². The number of para-hydroxylation sites is 1. The molecule has 0 amide bonds. The van der Waals surface area contributed by atoms with Crippen molar-refractivity contribution in [2.75, 3.05) is 0 Å². The number of hydrogen-bond acceptors (Lipinski definition) is 2. The van der Waals surface area contributed by atoms with Crippen LogP contribution >= 0.6 is 11.8 Å². The molecule has 2 aromatic rings. The molecule has 0 N–H and O–H groups in total. The lowest BCUT2D eigenvalue weighted by molar-refractivity contribution is 0.455. The highest BCUT2D eigenvalue weighted by Crippen LogP contribution is 2.45. The Labute approximate surface area is 100 Å². The first kappa shape index (κ1) is 10.9. The number of ether oxygens (including phenoxy) is 1. The highest BCUT2D eigenvalue weighted by atomic mass is 32.2. The molecular formula is C14H12OS. The van der Waals surface area contributed by atoms with Gasteiger partial charge in [0.2, 0.25) is 0 Å². The van der Waals surface area contributed by atoms with Gasteiger partial charge in [0, 0.05) is 0 Å². The van der Waals surface area contributed by atoms with E-state index in [4.69, 9.17) is 4.74 Å². The van der Waals surface area contributed by atoms with Crippen molar-refractivity contribution in [3.8, 4) is 11.5 Å². The summed E-state index contributed by atoms with van der Waals surface area (Å²) in [6.45, 7) is 4.00. The van der Waals surface area contributed by atoms with E-state index in [1.807, 2.05) is 50.2 Å². The normalized spacial score (nSPS) is 10.9. The standard InChI is InChI=1S/C12H6OS.C2H6/c1-3-7-11-9(5-1)13-10-6-2-4-8-12(10)14-11;1-2/h1-3,5-7H;1-2H3. The number of hydrogen-bond donors (Lipinski definition) is 0. The maximum atomic E-state index is 5.71.